The molecule has 0 aliphatic rings. The summed E-state index contributed by atoms with van der Waals surface area (Å²) in [5.74, 6) is 0.841. The standard InChI is InChI=1S/C15H28ClN3/c1-12(2)9-7-5-6-8-10-17-11-14-15(16)13(3)18-19(14)4/h12,17H,5-11H2,1-4H3. The minimum absolute atomic E-state index is 0.798. The quantitative estimate of drug-likeness (QED) is 0.693. The number of aromatic nitrogens is 2. The maximum atomic E-state index is 6.20. The molecule has 0 saturated carbocycles. The van der Waals surface area contributed by atoms with E-state index in [0.29, 0.717) is 0 Å². The molecule has 0 unspecified atom stereocenters. The zero-order chi connectivity index (χ0) is 14.3. The third kappa shape index (κ3) is 5.96. The van der Waals surface area contributed by atoms with E-state index in [0.717, 1.165) is 35.4 Å². The van der Waals surface area contributed by atoms with E-state index in [9.17, 15) is 0 Å². The van der Waals surface area contributed by atoms with Gasteiger partial charge in [0.15, 0.2) is 0 Å². The van der Waals surface area contributed by atoms with Gasteiger partial charge in [0.05, 0.1) is 16.4 Å². The number of rotatable bonds is 9. The Labute approximate surface area is 122 Å². The molecule has 19 heavy (non-hydrogen) atoms. The summed E-state index contributed by atoms with van der Waals surface area (Å²) in [4.78, 5) is 0. The Balaban J connectivity index is 2.08. The maximum absolute atomic E-state index is 6.20. The number of hydrogen-bond donors (Lipinski definition) is 1. The summed E-state index contributed by atoms with van der Waals surface area (Å²) in [5, 5.41) is 8.56. The SMILES string of the molecule is Cc1nn(C)c(CNCCCCCCC(C)C)c1Cl. The van der Waals surface area contributed by atoms with Crippen LogP contribution in [-0.2, 0) is 13.6 Å². The van der Waals surface area contributed by atoms with Crippen LogP contribution in [0.15, 0.2) is 0 Å². The van der Waals surface area contributed by atoms with Crippen LogP contribution >= 0.6 is 11.6 Å². The molecule has 1 aromatic rings. The largest absolute Gasteiger partial charge is 0.311 e. The molecule has 0 saturated heterocycles. The van der Waals surface area contributed by atoms with E-state index in [1.165, 1.54) is 32.1 Å². The van der Waals surface area contributed by atoms with Crippen LogP contribution in [0.2, 0.25) is 5.02 Å². The van der Waals surface area contributed by atoms with Gasteiger partial charge in [0.1, 0.15) is 0 Å². The Morgan fingerprint density at radius 3 is 2.47 bits per heavy atom. The summed E-state index contributed by atoms with van der Waals surface area (Å²) in [6.45, 7) is 8.40. The summed E-state index contributed by atoms with van der Waals surface area (Å²) >= 11 is 6.20. The predicted molar refractivity (Wildman–Crippen MR) is 82.6 cm³/mol. The first-order chi connectivity index (χ1) is 9.02. The molecule has 0 bridgehead atoms. The molecule has 0 amide bonds. The van der Waals surface area contributed by atoms with Gasteiger partial charge >= 0.3 is 0 Å². The van der Waals surface area contributed by atoms with Crippen molar-refractivity contribution in [2.24, 2.45) is 13.0 Å². The van der Waals surface area contributed by atoms with Gasteiger partial charge in [-0.05, 0) is 25.8 Å². The van der Waals surface area contributed by atoms with Gasteiger partial charge in [0, 0.05) is 13.6 Å². The molecule has 4 heteroatoms. The molecule has 0 spiro atoms. The van der Waals surface area contributed by atoms with Gasteiger partial charge in [0.25, 0.3) is 0 Å². The fourth-order valence-electron chi connectivity index (χ4n) is 2.24. The lowest BCUT2D eigenvalue weighted by molar-refractivity contribution is 0.510. The average molecular weight is 286 g/mol. The molecule has 110 valence electrons. The van der Waals surface area contributed by atoms with Crippen molar-refractivity contribution < 1.29 is 0 Å². The number of unbranched alkanes of at least 4 members (excludes halogenated alkanes) is 3. The van der Waals surface area contributed by atoms with Crippen LogP contribution in [0.25, 0.3) is 0 Å². The second-order valence-corrected chi connectivity index (χ2v) is 6.12. The molecule has 0 atom stereocenters. The van der Waals surface area contributed by atoms with Crippen LogP contribution in [-0.4, -0.2) is 16.3 Å². The van der Waals surface area contributed by atoms with Crippen molar-refractivity contribution in [1.82, 2.24) is 15.1 Å². The van der Waals surface area contributed by atoms with Gasteiger partial charge < -0.3 is 5.32 Å². The third-order valence-corrected chi connectivity index (χ3v) is 3.93. The average Bonchev–Trinajstić information content (AvgIpc) is 2.58. The van der Waals surface area contributed by atoms with Crippen molar-refractivity contribution in [3.8, 4) is 0 Å². The van der Waals surface area contributed by atoms with Gasteiger partial charge in [-0.2, -0.15) is 5.10 Å². The van der Waals surface area contributed by atoms with Crippen LogP contribution in [0.3, 0.4) is 0 Å². The molecule has 1 aromatic heterocycles. The van der Waals surface area contributed by atoms with Crippen molar-refractivity contribution in [2.45, 2.75) is 59.4 Å². The Hall–Kier alpha value is -0.540. The van der Waals surface area contributed by atoms with E-state index in [-0.39, 0.29) is 0 Å². The van der Waals surface area contributed by atoms with Crippen LogP contribution in [0, 0.1) is 12.8 Å². The maximum Gasteiger partial charge on any atom is 0.0860 e. The third-order valence-electron chi connectivity index (χ3n) is 3.44. The molecule has 1 N–H and O–H groups in total. The van der Waals surface area contributed by atoms with Crippen molar-refractivity contribution in [3.63, 3.8) is 0 Å². The van der Waals surface area contributed by atoms with Crippen molar-refractivity contribution in [2.75, 3.05) is 6.54 Å². The lowest BCUT2D eigenvalue weighted by Crippen LogP contribution is -2.17. The zero-order valence-electron chi connectivity index (χ0n) is 12.8. The highest BCUT2D eigenvalue weighted by molar-refractivity contribution is 6.31. The monoisotopic (exact) mass is 285 g/mol. The van der Waals surface area contributed by atoms with E-state index in [1.807, 2.05) is 18.7 Å². The number of nitrogens with one attached hydrogen (secondary N) is 1. The summed E-state index contributed by atoms with van der Waals surface area (Å²) in [7, 11) is 1.95. The van der Waals surface area contributed by atoms with Crippen molar-refractivity contribution in [3.05, 3.63) is 16.4 Å². The molecule has 0 radical (unpaired) electrons. The molecule has 0 aliphatic heterocycles. The minimum atomic E-state index is 0.798. The van der Waals surface area contributed by atoms with Crippen LogP contribution < -0.4 is 5.32 Å². The Morgan fingerprint density at radius 2 is 1.89 bits per heavy atom. The molecule has 0 fully saturated rings. The molecule has 1 rings (SSSR count). The first-order valence-corrected chi connectivity index (χ1v) is 7.78. The Kier molecular flexibility index (Phi) is 7.47. The zero-order valence-corrected chi connectivity index (χ0v) is 13.6. The summed E-state index contributed by atoms with van der Waals surface area (Å²) in [6, 6.07) is 0. The van der Waals surface area contributed by atoms with E-state index in [2.05, 4.69) is 24.3 Å². The van der Waals surface area contributed by atoms with Crippen LogP contribution in [0.1, 0.15) is 57.3 Å². The number of nitrogens with zero attached hydrogens (tertiary/aromatic N) is 2. The van der Waals surface area contributed by atoms with Gasteiger partial charge in [-0.15, -0.1) is 0 Å². The van der Waals surface area contributed by atoms with E-state index >= 15 is 0 Å². The highest BCUT2D eigenvalue weighted by Crippen LogP contribution is 2.18. The second-order valence-electron chi connectivity index (χ2n) is 5.74. The smallest absolute Gasteiger partial charge is 0.0860 e. The molecular weight excluding hydrogens is 258 g/mol. The summed E-state index contributed by atoms with van der Waals surface area (Å²) in [6.07, 6.45) is 6.64. The Morgan fingerprint density at radius 1 is 1.21 bits per heavy atom. The van der Waals surface area contributed by atoms with Gasteiger partial charge in [-0.3, -0.25) is 4.68 Å². The topological polar surface area (TPSA) is 29.9 Å². The van der Waals surface area contributed by atoms with E-state index in [1.54, 1.807) is 0 Å². The first kappa shape index (κ1) is 16.5. The molecule has 1 heterocycles. The number of aryl methyl sites for hydroxylation is 2. The molecule has 0 aliphatic carbocycles. The van der Waals surface area contributed by atoms with Crippen molar-refractivity contribution in [1.29, 1.82) is 0 Å². The number of halogens is 1. The van der Waals surface area contributed by atoms with E-state index in [4.69, 9.17) is 11.6 Å². The normalized spacial score (nSPS) is 11.5. The highest BCUT2D eigenvalue weighted by Gasteiger charge is 2.09. The highest BCUT2D eigenvalue weighted by atomic mass is 35.5. The minimum Gasteiger partial charge on any atom is -0.311 e. The molecule has 3 nitrogen and oxygen atoms in total. The fourth-order valence-corrected chi connectivity index (χ4v) is 2.46. The summed E-state index contributed by atoms with van der Waals surface area (Å²) < 4.78 is 1.87. The van der Waals surface area contributed by atoms with E-state index < -0.39 is 0 Å². The molecule has 0 aromatic carbocycles. The van der Waals surface area contributed by atoms with Gasteiger partial charge in [-0.1, -0.05) is 51.1 Å². The van der Waals surface area contributed by atoms with Crippen molar-refractivity contribution >= 4 is 11.6 Å². The summed E-state index contributed by atoms with van der Waals surface area (Å²) in [5.41, 5.74) is 1.99. The fraction of sp³-hybridized carbons (Fsp3) is 0.800. The lowest BCUT2D eigenvalue weighted by Gasteiger charge is -2.07. The van der Waals surface area contributed by atoms with Crippen LogP contribution in [0.5, 0.6) is 0 Å². The Bertz CT molecular complexity index is 372. The van der Waals surface area contributed by atoms with Crippen LogP contribution in [0.4, 0.5) is 0 Å². The molecular formula is C15H28ClN3. The first-order valence-electron chi connectivity index (χ1n) is 7.41. The van der Waals surface area contributed by atoms with Gasteiger partial charge in [-0.25, -0.2) is 0 Å². The lowest BCUT2D eigenvalue weighted by atomic mass is 10.0. The second kappa shape index (κ2) is 8.60. The van der Waals surface area contributed by atoms with Gasteiger partial charge in [0.2, 0.25) is 0 Å². The number of hydrogen-bond acceptors (Lipinski definition) is 2. The predicted octanol–water partition coefficient (Wildman–Crippen LogP) is 4.08.